The molecule has 0 saturated heterocycles. The number of aromatic nitrogens is 6. The number of nitrogens with two attached hydrogens (primary N) is 2. The summed E-state index contributed by atoms with van der Waals surface area (Å²) in [6.07, 6.45) is 0. The molecule has 0 bridgehead atoms. The van der Waals surface area contributed by atoms with E-state index in [4.69, 9.17) is 36.4 Å². The lowest BCUT2D eigenvalue weighted by atomic mass is 9.86. The molecule has 0 radical (unpaired) electrons. The van der Waals surface area contributed by atoms with Crippen molar-refractivity contribution in [1.82, 2.24) is 29.9 Å². The van der Waals surface area contributed by atoms with E-state index in [9.17, 15) is 9.59 Å². The molecule has 87 heavy (non-hydrogen) atoms. The van der Waals surface area contributed by atoms with E-state index in [-0.39, 0.29) is 12.9 Å². The maximum Gasteiger partial charge on any atom is 0.252 e. The Morgan fingerprint density at radius 1 is 0.241 bits per heavy atom. The SMILES string of the molecule is C.Nc1ccccc1N.O=c1c(=O)c2c(-c3ccccc3)cc(-c3ccccc3)c3ccc4nc(-c5ccccc5)nc1c4c32.c1ccc(-c2nc3ccc4c(-c5ccccc5)cc(-c5ccccc5)c5c6nc7ccccc7nc6c(n2)c3c45)cc1. The number of nitrogen functional groups attached to an aromatic ring is 2. The summed E-state index contributed by atoms with van der Waals surface area (Å²) in [4.78, 5) is 57.6. The third-order valence-corrected chi connectivity index (χ3v) is 16.0. The molecule has 0 fully saturated rings. The molecule has 0 aliphatic carbocycles. The topological polar surface area (TPSA) is 164 Å². The lowest BCUT2D eigenvalue weighted by Crippen LogP contribution is -2.26. The largest absolute Gasteiger partial charge is 0.397 e. The van der Waals surface area contributed by atoms with Gasteiger partial charge in [0, 0.05) is 43.4 Å². The van der Waals surface area contributed by atoms with Crippen LogP contribution in [0.4, 0.5) is 11.4 Å². The van der Waals surface area contributed by atoms with Crippen LogP contribution in [0.2, 0.25) is 0 Å². The molecule has 3 heterocycles. The molecular weight excluding hydrogens is 1070 g/mol. The third-order valence-electron chi connectivity index (χ3n) is 16.0. The summed E-state index contributed by atoms with van der Waals surface area (Å²) < 4.78 is 0. The van der Waals surface area contributed by atoms with Crippen molar-refractivity contribution in [3.05, 3.63) is 287 Å². The van der Waals surface area contributed by atoms with Crippen molar-refractivity contribution >= 4 is 98.6 Å². The van der Waals surface area contributed by atoms with E-state index in [0.29, 0.717) is 39.3 Å². The highest BCUT2D eigenvalue weighted by atomic mass is 16.2. The molecule has 0 saturated carbocycles. The predicted molar refractivity (Wildman–Crippen MR) is 360 cm³/mol. The van der Waals surface area contributed by atoms with Gasteiger partial charge in [-0.05, 0) is 104 Å². The molecule has 17 rings (SSSR count). The molecular formula is C77H52N8O2. The van der Waals surface area contributed by atoms with Gasteiger partial charge in [0.15, 0.2) is 11.6 Å². The van der Waals surface area contributed by atoms with E-state index in [1.54, 1.807) is 12.1 Å². The van der Waals surface area contributed by atoms with Gasteiger partial charge in [-0.2, -0.15) is 0 Å². The second-order valence-electron chi connectivity index (χ2n) is 21.1. The number of hydrogen-bond acceptors (Lipinski definition) is 10. The summed E-state index contributed by atoms with van der Waals surface area (Å²) in [5.41, 5.74) is 26.9. The van der Waals surface area contributed by atoms with E-state index >= 15 is 0 Å². The van der Waals surface area contributed by atoms with Crippen molar-refractivity contribution in [2.24, 2.45) is 0 Å². The van der Waals surface area contributed by atoms with Crippen LogP contribution < -0.4 is 22.3 Å². The Balaban J connectivity index is 0.000000136. The minimum atomic E-state index is -0.593. The number of anilines is 2. The number of para-hydroxylation sites is 4. The van der Waals surface area contributed by atoms with Gasteiger partial charge in [-0.3, -0.25) is 9.59 Å². The average Bonchev–Trinajstić information content (AvgIpc) is 0.750. The zero-order valence-electron chi connectivity index (χ0n) is 46.1. The second kappa shape index (κ2) is 22.0. The second-order valence-corrected chi connectivity index (χ2v) is 21.1. The Morgan fingerprint density at radius 3 is 1.01 bits per heavy atom. The first-order valence-corrected chi connectivity index (χ1v) is 28.3. The molecule has 412 valence electrons. The standard InChI is InChI=1S/C38H22N4.C32H18N2O2.C6H8N2.CH4/c1-4-12-23(13-5-1)27-22-28(24-14-6-2-7-15-24)33-32-26(27)20-21-31-34(32)36(42-38(41-31)25-16-8-3-9-17-25)37-35(33)39-29-18-10-11-19-30(29)40-37;35-30-27-24(20-12-6-2-7-13-20)18-23(19-10-4-1-5-11-19)22-16-17-25-28(26(22)27)29(31(30)36)34-32(33-25)21-14-8-3-9-15-21;7-5-3-1-2-4-6(5)8;/h1-22H;1-18H;1-4H,7-8H2;1H4. The van der Waals surface area contributed by atoms with Crippen molar-refractivity contribution in [2.45, 2.75) is 7.43 Å². The Labute approximate surface area is 499 Å². The van der Waals surface area contributed by atoms with Gasteiger partial charge in [-0.1, -0.05) is 226 Å². The summed E-state index contributed by atoms with van der Waals surface area (Å²) >= 11 is 0. The van der Waals surface area contributed by atoms with Gasteiger partial charge in [-0.15, -0.1) is 0 Å². The maximum atomic E-state index is 13.7. The number of fused-ring (bicyclic) bond motifs is 4. The van der Waals surface area contributed by atoms with Gasteiger partial charge in [0.1, 0.15) is 22.1 Å². The Hall–Kier alpha value is -11.9. The average molecular weight is 1120 g/mol. The number of benzene rings is 14. The molecule has 10 nitrogen and oxygen atoms in total. The van der Waals surface area contributed by atoms with E-state index in [0.717, 1.165) is 110 Å². The minimum Gasteiger partial charge on any atom is -0.397 e. The number of hydrogen-bond donors (Lipinski definition) is 2. The Kier molecular flexibility index (Phi) is 13.5. The molecule has 0 amide bonds. The van der Waals surface area contributed by atoms with Gasteiger partial charge < -0.3 is 11.5 Å². The molecule has 0 aliphatic heterocycles. The zero-order valence-corrected chi connectivity index (χ0v) is 46.1. The van der Waals surface area contributed by atoms with E-state index in [1.165, 1.54) is 11.1 Å². The smallest absolute Gasteiger partial charge is 0.252 e. The van der Waals surface area contributed by atoms with Crippen molar-refractivity contribution in [1.29, 1.82) is 0 Å². The normalized spacial score (nSPS) is 11.3. The van der Waals surface area contributed by atoms with Crippen LogP contribution in [-0.2, 0) is 0 Å². The first kappa shape index (κ1) is 53.1. The summed E-state index contributed by atoms with van der Waals surface area (Å²) in [7, 11) is 0. The predicted octanol–water partition coefficient (Wildman–Crippen LogP) is 17.5. The molecule has 0 spiro atoms. The summed E-state index contributed by atoms with van der Waals surface area (Å²) in [6.45, 7) is 0. The quantitative estimate of drug-likeness (QED) is 0.0709. The van der Waals surface area contributed by atoms with Gasteiger partial charge >= 0.3 is 0 Å². The summed E-state index contributed by atoms with van der Waals surface area (Å²) in [6, 6.07) is 88.7. The first-order valence-electron chi connectivity index (χ1n) is 28.3. The molecule has 3 aromatic heterocycles. The molecule has 17 aromatic rings. The van der Waals surface area contributed by atoms with E-state index in [2.05, 4.69) is 108 Å². The van der Waals surface area contributed by atoms with Crippen LogP contribution in [0.3, 0.4) is 0 Å². The lowest BCUT2D eigenvalue weighted by molar-refractivity contribution is 1.25. The molecule has 0 aliphatic rings. The van der Waals surface area contributed by atoms with Crippen LogP contribution in [0.1, 0.15) is 7.43 Å². The highest BCUT2D eigenvalue weighted by Crippen LogP contribution is 2.48. The highest BCUT2D eigenvalue weighted by molar-refractivity contribution is 6.36. The lowest BCUT2D eigenvalue weighted by Gasteiger charge is -2.20. The van der Waals surface area contributed by atoms with Gasteiger partial charge in [0.25, 0.3) is 5.43 Å². The minimum absolute atomic E-state index is 0. The van der Waals surface area contributed by atoms with Crippen molar-refractivity contribution in [3.63, 3.8) is 0 Å². The van der Waals surface area contributed by atoms with Crippen molar-refractivity contribution in [2.75, 3.05) is 11.5 Å². The van der Waals surface area contributed by atoms with Gasteiger partial charge in [-0.25, -0.2) is 29.9 Å². The Morgan fingerprint density at radius 2 is 0.575 bits per heavy atom. The van der Waals surface area contributed by atoms with Crippen molar-refractivity contribution in [3.8, 4) is 67.3 Å². The molecule has 0 unspecified atom stereocenters. The van der Waals surface area contributed by atoms with Gasteiger partial charge in [0.05, 0.1) is 33.4 Å². The number of nitrogens with zero attached hydrogens (tertiary/aromatic N) is 6. The zero-order chi connectivity index (χ0) is 57.8. The van der Waals surface area contributed by atoms with Crippen LogP contribution in [0.5, 0.6) is 0 Å². The molecule has 4 N–H and O–H groups in total. The monoisotopic (exact) mass is 1120 g/mol. The van der Waals surface area contributed by atoms with E-state index < -0.39 is 10.9 Å². The fraction of sp³-hybridized carbons (Fsp3) is 0.0130. The number of rotatable bonds is 6. The molecule has 0 atom stereocenters. The third kappa shape index (κ3) is 9.25. The molecule has 10 heteroatoms. The molecule has 14 aromatic carbocycles. The van der Waals surface area contributed by atoms with Crippen LogP contribution in [0.25, 0.3) is 155 Å². The summed E-state index contributed by atoms with van der Waals surface area (Å²) in [5.74, 6) is 1.12. The Bertz CT molecular complexity index is 5490. The fourth-order valence-corrected chi connectivity index (χ4v) is 12.0. The van der Waals surface area contributed by atoms with Crippen molar-refractivity contribution < 1.29 is 0 Å². The maximum absolute atomic E-state index is 13.7. The highest BCUT2D eigenvalue weighted by Gasteiger charge is 2.26. The van der Waals surface area contributed by atoms with Crippen LogP contribution >= 0.6 is 0 Å². The first-order chi connectivity index (χ1) is 42.3. The van der Waals surface area contributed by atoms with Crippen LogP contribution in [0, 0.1) is 0 Å². The van der Waals surface area contributed by atoms with Gasteiger partial charge in [0.2, 0.25) is 5.43 Å². The summed E-state index contributed by atoms with van der Waals surface area (Å²) in [5, 5.41) is 7.10. The van der Waals surface area contributed by atoms with Crippen LogP contribution in [0.15, 0.2) is 277 Å². The van der Waals surface area contributed by atoms with E-state index in [1.807, 2.05) is 152 Å². The fourth-order valence-electron chi connectivity index (χ4n) is 12.0. The van der Waals surface area contributed by atoms with Crippen LogP contribution in [-0.4, -0.2) is 29.9 Å².